The van der Waals surface area contributed by atoms with Gasteiger partial charge in [0.25, 0.3) is 0 Å². The topological polar surface area (TPSA) is 55.6 Å². The number of nitrogens with two attached hydrogens (primary N) is 1. The normalized spacial score (nSPS) is 10.4. The lowest BCUT2D eigenvalue weighted by atomic mass is 10.1. The van der Waals surface area contributed by atoms with Gasteiger partial charge in [0, 0.05) is 17.3 Å². The van der Waals surface area contributed by atoms with Gasteiger partial charge in [-0.15, -0.1) is 0 Å². The van der Waals surface area contributed by atoms with E-state index in [1.54, 1.807) is 18.2 Å². The summed E-state index contributed by atoms with van der Waals surface area (Å²) in [5.74, 6) is -0.294. The minimum absolute atomic E-state index is 0.194. The highest BCUT2D eigenvalue weighted by Crippen LogP contribution is 2.19. The fourth-order valence-electron chi connectivity index (χ4n) is 1.48. The lowest BCUT2D eigenvalue weighted by molar-refractivity contribution is -0.143. The fourth-order valence-corrected chi connectivity index (χ4v) is 1.67. The molecular weight excluding hydrogens is 252 g/mol. The van der Waals surface area contributed by atoms with Crippen LogP contribution >= 0.6 is 11.6 Å². The van der Waals surface area contributed by atoms with Crippen molar-refractivity contribution >= 4 is 23.3 Å². The molecule has 1 rings (SSSR count). The van der Waals surface area contributed by atoms with Crippen molar-refractivity contribution in [2.45, 2.75) is 6.54 Å². The van der Waals surface area contributed by atoms with Crippen molar-refractivity contribution in [2.24, 2.45) is 0 Å². The second-order valence-corrected chi connectivity index (χ2v) is 4.42. The van der Waals surface area contributed by atoms with Crippen LogP contribution in [0.5, 0.6) is 0 Å². The van der Waals surface area contributed by atoms with Gasteiger partial charge >= 0.3 is 5.97 Å². The van der Waals surface area contributed by atoms with Crippen LogP contribution < -0.4 is 5.73 Å². The summed E-state index contributed by atoms with van der Waals surface area (Å²) in [6.45, 7) is 4.44. The first-order valence-corrected chi connectivity index (χ1v) is 5.89. The third-order valence-electron chi connectivity index (χ3n) is 2.31. The number of nitrogen functional groups attached to an aromatic ring is 1. The predicted octanol–water partition coefficient (Wildman–Crippen LogP) is 2.08. The number of nitrogens with zero attached hydrogens (tertiary/aromatic N) is 1. The molecule has 1 aromatic rings. The van der Waals surface area contributed by atoms with Crippen LogP contribution in [0.3, 0.4) is 0 Å². The number of hydrogen-bond donors (Lipinski definition) is 1. The monoisotopic (exact) mass is 268 g/mol. The van der Waals surface area contributed by atoms with E-state index < -0.39 is 0 Å². The number of carbonyl (C=O) groups is 1. The van der Waals surface area contributed by atoms with E-state index in [1.165, 1.54) is 6.08 Å². The van der Waals surface area contributed by atoms with Crippen LogP contribution in [0.4, 0.5) is 5.69 Å². The molecule has 98 valence electrons. The van der Waals surface area contributed by atoms with Crippen molar-refractivity contribution in [3.8, 4) is 0 Å². The van der Waals surface area contributed by atoms with Crippen molar-refractivity contribution in [1.29, 1.82) is 0 Å². The molecule has 0 fully saturated rings. The number of anilines is 1. The first-order chi connectivity index (χ1) is 8.52. The van der Waals surface area contributed by atoms with E-state index in [4.69, 9.17) is 22.1 Å². The van der Waals surface area contributed by atoms with Gasteiger partial charge in [0.2, 0.25) is 0 Å². The van der Waals surface area contributed by atoms with Gasteiger partial charge in [-0.05, 0) is 30.8 Å². The van der Waals surface area contributed by atoms with Gasteiger partial charge in [-0.2, -0.15) is 0 Å². The maximum Gasteiger partial charge on any atom is 0.320 e. The minimum atomic E-state index is -0.294. The Morgan fingerprint density at radius 3 is 3.00 bits per heavy atom. The number of hydrogen-bond acceptors (Lipinski definition) is 4. The number of benzene rings is 1. The second kappa shape index (κ2) is 7.03. The van der Waals surface area contributed by atoms with Gasteiger partial charge in [-0.3, -0.25) is 9.69 Å². The van der Waals surface area contributed by atoms with Crippen LogP contribution in [0.25, 0.3) is 0 Å². The first kappa shape index (κ1) is 14.5. The average molecular weight is 269 g/mol. The Hall–Kier alpha value is -1.52. The zero-order chi connectivity index (χ0) is 13.5. The lowest BCUT2D eigenvalue weighted by Crippen LogP contribution is -2.27. The van der Waals surface area contributed by atoms with E-state index >= 15 is 0 Å². The molecule has 0 unspecified atom stereocenters. The third-order valence-corrected chi connectivity index (χ3v) is 2.54. The first-order valence-electron chi connectivity index (χ1n) is 5.52. The average Bonchev–Trinajstić information content (AvgIpc) is 2.31. The summed E-state index contributed by atoms with van der Waals surface area (Å²) in [7, 11) is 1.81. The van der Waals surface area contributed by atoms with Gasteiger partial charge in [0.15, 0.2) is 0 Å². The van der Waals surface area contributed by atoms with Crippen molar-refractivity contribution in [1.82, 2.24) is 4.90 Å². The highest BCUT2D eigenvalue weighted by atomic mass is 35.5. The Kier molecular flexibility index (Phi) is 5.68. The zero-order valence-electron chi connectivity index (χ0n) is 10.4. The molecule has 0 aliphatic heterocycles. The summed E-state index contributed by atoms with van der Waals surface area (Å²) < 4.78 is 4.90. The van der Waals surface area contributed by atoms with Crippen LogP contribution in [0.1, 0.15) is 5.56 Å². The lowest BCUT2D eigenvalue weighted by Gasteiger charge is -2.17. The molecule has 0 aromatic heterocycles. The minimum Gasteiger partial charge on any atom is -0.461 e. The molecule has 0 heterocycles. The number of likely N-dealkylation sites (N-methyl/N-ethyl adjacent to an activating group) is 1. The summed E-state index contributed by atoms with van der Waals surface area (Å²) in [4.78, 5) is 13.2. The molecule has 5 heteroatoms. The molecule has 0 amide bonds. The van der Waals surface area contributed by atoms with Gasteiger partial charge < -0.3 is 10.5 Å². The van der Waals surface area contributed by atoms with Crippen LogP contribution in [-0.4, -0.2) is 31.1 Å². The quantitative estimate of drug-likeness (QED) is 0.488. The van der Waals surface area contributed by atoms with Gasteiger partial charge in [0.05, 0.1) is 6.54 Å². The highest BCUT2D eigenvalue weighted by molar-refractivity contribution is 6.30. The van der Waals surface area contributed by atoms with E-state index in [1.807, 2.05) is 11.9 Å². The molecule has 0 spiro atoms. The molecule has 2 N–H and O–H groups in total. The Balaban J connectivity index is 2.53. The maximum atomic E-state index is 11.4. The molecule has 1 aromatic carbocycles. The van der Waals surface area contributed by atoms with E-state index in [9.17, 15) is 4.79 Å². The molecule has 0 atom stereocenters. The van der Waals surface area contributed by atoms with Crippen molar-refractivity contribution in [2.75, 3.05) is 25.9 Å². The Morgan fingerprint density at radius 2 is 2.33 bits per heavy atom. The summed E-state index contributed by atoms with van der Waals surface area (Å²) >= 11 is 5.90. The summed E-state index contributed by atoms with van der Waals surface area (Å²) in [6, 6.07) is 5.28. The molecule has 0 aliphatic carbocycles. The standard InChI is InChI=1S/C13H17ClN2O2/c1-3-6-18-13(17)9-16(2)8-10-7-11(14)4-5-12(10)15/h3-5,7H,1,6,8-9,15H2,2H3. The summed E-state index contributed by atoms with van der Waals surface area (Å²) in [6.07, 6.45) is 1.53. The van der Waals surface area contributed by atoms with E-state index in [2.05, 4.69) is 6.58 Å². The number of ether oxygens (including phenoxy) is 1. The molecule has 0 bridgehead atoms. The number of halogens is 1. The largest absolute Gasteiger partial charge is 0.461 e. The zero-order valence-corrected chi connectivity index (χ0v) is 11.1. The third kappa shape index (κ3) is 4.77. The molecule has 0 saturated carbocycles. The fraction of sp³-hybridized carbons (Fsp3) is 0.308. The van der Waals surface area contributed by atoms with Gasteiger partial charge in [-0.1, -0.05) is 24.3 Å². The number of esters is 1. The van der Waals surface area contributed by atoms with Crippen molar-refractivity contribution in [3.63, 3.8) is 0 Å². The van der Waals surface area contributed by atoms with E-state index in [0.717, 1.165) is 5.56 Å². The van der Waals surface area contributed by atoms with Crippen LogP contribution in [0.2, 0.25) is 5.02 Å². The smallest absolute Gasteiger partial charge is 0.320 e. The predicted molar refractivity (Wildman–Crippen MR) is 73.4 cm³/mol. The van der Waals surface area contributed by atoms with Gasteiger partial charge in [-0.25, -0.2) is 0 Å². The molecular formula is C13H17ClN2O2. The molecule has 4 nitrogen and oxygen atoms in total. The van der Waals surface area contributed by atoms with Crippen LogP contribution in [0, 0.1) is 0 Å². The molecule has 0 aliphatic rings. The van der Waals surface area contributed by atoms with Crippen molar-refractivity contribution in [3.05, 3.63) is 41.4 Å². The van der Waals surface area contributed by atoms with Crippen molar-refractivity contribution < 1.29 is 9.53 Å². The SMILES string of the molecule is C=CCOC(=O)CN(C)Cc1cc(Cl)ccc1N. The summed E-state index contributed by atoms with van der Waals surface area (Å²) in [5, 5.41) is 0.627. The molecule has 0 saturated heterocycles. The second-order valence-electron chi connectivity index (χ2n) is 3.99. The Labute approximate surface area is 112 Å². The highest BCUT2D eigenvalue weighted by Gasteiger charge is 2.09. The van der Waals surface area contributed by atoms with E-state index in [0.29, 0.717) is 17.3 Å². The van der Waals surface area contributed by atoms with Crippen LogP contribution in [-0.2, 0) is 16.1 Å². The number of carbonyl (C=O) groups excluding carboxylic acids is 1. The molecule has 18 heavy (non-hydrogen) atoms. The van der Waals surface area contributed by atoms with E-state index in [-0.39, 0.29) is 19.1 Å². The Morgan fingerprint density at radius 1 is 1.61 bits per heavy atom. The summed E-state index contributed by atoms with van der Waals surface area (Å²) in [5.41, 5.74) is 7.38. The number of rotatable bonds is 6. The maximum absolute atomic E-state index is 11.4. The van der Waals surface area contributed by atoms with Crippen LogP contribution in [0.15, 0.2) is 30.9 Å². The Bertz CT molecular complexity index is 435. The molecule has 0 radical (unpaired) electrons. The van der Waals surface area contributed by atoms with Gasteiger partial charge in [0.1, 0.15) is 6.61 Å².